The van der Waals surface area contributed by atoms with Crippen LogP contribution in [0.3, 0.4) is 0 Å². The van der Waals surface area contributed by atoms with Gasteiger partial charge in [0.25, 0.3) is 0 Å². The molecule has 0 radical (unpaired) electrons. The van der Waals surface area contributed by atoms with Gasteiger partial charge in [0.1, 0.15) is 6.10 Å². The van der Waals surface area contributed by atoms with E-state index >= 15 is 0 Å². The van der Waals surface area contributed by atoms with Crippen LogP contribution < -0.4 is 0 Å². The molecule has 0 aliphatic carbocycles. The molecule has 0 unspecified atom stereocenters. The molecule has 0 spiro atoms. The Balaban J connectivity index is 1.81. The Hall–Kier alpha value is -2.55. The molecule has 0 saturated carbocycles. The molecule has 0 aromatic heterocycles. The minimum atomic E-state index is -4.45. The maximum absolute atomic E-state index is 12.8. The Morgan fingerprint density at radius 1 is 0.933 bits per heavy atom. The first-order valence-electron chi connectivity index (χ1n) is 9.18. The normalized spacial score (nSPS) is 20.4. The lowest BCUT2D eigenvalue weighted by Crippen LogP contribution is -2.25. The van der Waals surface area contributed by atoms with Crippen LogP contribution in [0.5, 0.6) is 0 Å². The first-order valence-corrected chi connectivity index (χ1v) is 9.18. The van der Waals surface area contributed by atoms with Crippen molar-refractivity contribution in [2.75, 3.05) is 6.54 Å². The molecule has 9 heteroatoms. The molecule has 30 heavy (non-hydrogen) atoms. The molecule has 2 aromatic rings. The zero-order valence-corrected chi connectivity index (χ0v) is 15.9. The fourth-order valence-electron chi connectivity index (χ4n) is 3.63. The van der Waals surface area contributed by atoms with Crippen LogP contribution in [0.4, 0.5) is 26.3 Å². The van der Waals surface area contributed by atoms with E-state index in [-0.39, 0.29) is 12.6 Å². The van der Waals surface area contributed by atoms with Crippen molar-refractivity contribution < 1.29 is 35.9 Å². The van der Waals surface area contributed by atoms with E-state index in [1.807, 2.05) is 4.90 Å². The van der Waals surface area contributed by atoms with E-state index < -0.39 is 35.6 Å². The van der Waals surface area contributed by atoms with Gasteiger partial charge in [-0.25, -0.2) is 0 Å². The van der Waals surface area contributed by atoms with Crippen molar-refractivity contribution in [2.45, 2.75) is 44.4 Å². The zero-order valence-electron chi connectivity index (χ0n) is 15.9. The number of benzene rings is 2. The van der Waals surface area contributed by atoms with Crippen molar-refractivity contribution >= 4 is 5.97 Å². The Morgan fingerprint density at radius 3 is 1.90 bits per heavy atom. The fraction of sp³-hybridized carbons (Fsp3) is 0.381. The Bertz CT molecular complexity index is 874. The van der Waals surface area contributed by atoms with Crippen molar-refractivity contribution in [2.24, 2.45) is 0 Å². The summed E-state index contributed by atoms with van der Waals surface area (Å²) in [5.74, 6) is -0.470. The Morgan fingerprint density at radius 2 is 1.43 bits per heavy atom. The minimum Gasteiger partial charge on any atom is -0.461 e. The van der Waals surface area contributed by atoms with Crippen LogP contribution in [0, 0.1) is 0 Å². The van der Waals surface area contributed by atoms with Crippen LogP contribution in [-0.2, 0) is 28.4 Å². The Labute approximate surface area is 169 Å². The molecule has 0 N–H and O–H groups in total. The van der Waals surface area contributed by atoms with Gasteiger partial charge in [-0.05, 0) is 35.4 Å². The van der Waals surface area contributed by atoms with Crippen molar-refractivity contribution in [3.8, 4) is 0 Å². The van der Waals surface area contributed by atoms with E-state index in [2.05, 4.69) is 0 Å². The van der Waals surface area contributed by atoms with Gasteiger partial charge in [0.05, 0.1) is 11.1 Å². The third kappa shape index (κ3) is 5.33. The van der Waals surface area contributed by atoms with Gasteiger partial charge in [0.2, 0.25) is 0 Å². The van der Waals surface area contributed by atoms with Gasteiger partial charge in [0.15, 0.2) is 0 Å². The predicted molar refractivity (Wildman–Crippen MR) is 96.2 cm³/mol. The van der Waals surface area contributed by atoms with Gasteiger partial charge in [-0.2, -0.15) is 26.3 Å². The third-order valence-electron chi connectivity index (χ3n) is 4.99. The number of nitrogens with zero attached hydrogens (tertiary/aromatic N) is 1. The number of likely N-dealkylation sites (tertiary alicyclic amines) is 1. The molecular weight excluding hydrogens is 412 g/mol. The molecule has 3 nitrogen and oxygen atoms in total. The highest BCUT2D eigenvalue weighted by Gasteiger charge is 2.36. The molecule has 2 atom stereocenters. The number of hydrogen-bond donors (Lipinski definition) is 0. The molecule has 1 heterocycles. The second-order valence-corrected chi connectivity index (χ2v) is 7.23. The summed E-state index contributed by atoms with van der Waals surface area (Å²) < 4.78 is 82.0. The van der Waals surface area contributed by atoms with Gasteiger partial charge in [0, 0.05) is 32.5 Å². The predicted octanol–water partition coefficient (Wildman–Crippen LogP) is 5.60. The average Bonchev–Trinajstić information content (AvgIpc) is 3.02. The molecule has 0 bridgehead atoms. The van der Waals surface area contributed by atoms with Gasteiger partial charge in [-0.1, -0.05) is 24.3 Å². The molecule has 162 valence electrons. The number of rotatable bonds is 4. The van der Waals surface area contributed by atoms with Gasteiger partial charge < -0.3 is 4.74 Å². The van der Waals surface area contributed by atoms with Crippen molar-refractivity contribution in [3.05, 3.63) is 70.8 Å². The van der Waals surface area contributed by atoms with Crippen LogP contribution in [0.15, 0.2) is 48.5 Å². The molecular formula is C21H19F6NO2. The lowest BCUT2D eigenvalue weighted by atomic mass is 10.0. The summed E-state index contributed by atoms with van der Waals surface area (Å²) >= 11 is 0. The smallest absolute Gasteiger partial charge is 0.416 e. The fourth-order valence-corrected chi connectivity index (χ4v) is 3.63. The summed E-state index contributed by atoms with van der Waals surface area (Å²) in [5.41, 5.74) is -0.298. The standard InChI is InChI=1S/C21H19F6NO2/c1-13(29)30-18-10-19(15-4-8-17(9-5-15)21(25,26)27)28(12-18)11-14-2-6-16(7-3-14)20(22,23)24/h2-9,18-19H,10-12H2,1H3/t18-,19+/m0/s1. The second kappa shape index (κ2) is 8.29. The number of hydrogen-bond acceptors (Lipinski definition) is 3. The lowest BCUT2D eigenvalue weighted by Gasteiger charge is -2.25. The summed E-state index contributed by atoms with van der Waals surface area (Å²) in [4.78, 5) is 13.2. The summed E-state index contributed by atoms with van der Waals surface area (Å²) in [7, 11) is 0. The quantitative estimate of drug-likeness (QED) is 0.466. The zero-order chi connectivity index (χ0) is 22.1. The van der Waals surface area contributed by atoms with Crippen molar-refractivity contribution in [1.29, 1.82) is 0 Å². The van der Waals surface area contributed by atoms with Gasteiger partial charge in [-0.3, -0.25) is 9.69 Å². The monoisotopic (exact) mass is 431 g/mol. The number of esters is 1. The number of alkyl halides is 6. The molecule has 1 saturated heterocycles. The summed E-state index contributed by atoms with van der Waals surface area (Å²) in [6.07, 6.45) is -8.96. The van der Waals surface area contributed by atoms with Gasteiger partial charge >= 0.3 is 18.3 Å². The highest BCUT2D eigenvalue weighted by Crippen LogP contribution is 2.37. The van der Waals surface area contributed by atoms with Crippen LogP contribution in [0.2, 0.25) is 0 Å². The molecule has 3 rings (SSSR count). The molecule has 2 aromatic carbocycles. The summed E-state index contributed by atoms with van der Waals surface area (Å²) in [6, 6.07) is 9.11. The van der Waals surface area contributed by atoms with E-state index in [1.165, 1.54) is 31.2 Å². The number of halogens is 6. The van der Waals surface area contributed by atoms with Crippen LogP contribution in [-0.4, -0.2) is 23.5 Å². The highest BCUT2D eigenvalue weighted by molar-refractivity contribution is 5.66. The van der Waals surface area contributed by atoms with E-state index in [0.29, 0.717) is 24.1 Å². The topological polar surface area (TPSA) is 29.5 Å². The van der Waals surface area contributed by atoms with Crippen LogP contribution in [0.1, 0.15) is 41.6 Å². The first-order chi connectivity index (χ1) is 13.9. The molecule has 1 aliphatic heterocycles. The average molecular weight is 431 g/mol. The summed E-state index contributed by atoms with van der Waals surface area (Å²) in [6.45, 7) is 1.86. The van der Waals surface area contributed by atoms with Crippen LogP contribution >= 0.6 is 0 Å². The van der Waals surface area contributed by atoms with Gasteiger partial charge in [-0.15, -0.1) is 0 Å². The molecule has 1 aliphatic rings. The second-order valence-electron chi connectivity index (χ2n) is 7.23. The van der Waals surface area contributed by atoms with Crippen molar-refractivity contribution in [1.82, 2.24) is 4.90 Å². The number of ether oxygens (including phenoxy) is 1. The van der Waals surface area contributed by atoms with E-state index in [0.717, 1.165) is 24.3 Å². The van der Waals surface area contributed by atoms with Crippen molar-refractivity contribution in [3.63, 3.8) is 0 Å². The molecule has 0 amide bonds. The number of carbonyl (C=O) groups excluding carboxylic acids is 1. The highest BCUT2D eigenvalue weighted by atomic mass is 19.4. The van der Waals surface area contributed by atoms with E-state index in [4.69, 9.17) is 4.74 Å². The maximum atomic E-state index is 12.8. The minimum absolute atomic E-state index is 0.265. The number of carbonyl (C=O) groups is 1. The first kappa shape index (κ1) is 22.1. The lowest BCUT2D eigenvalue weighted by molar-refractivity contribution is -0.145. The largest absolute Gasteiger partial charge is 0.461 e. The Kier molecular flexibility index (Phi) is 6.12. The van der Waals surface area contributed by atoms with Crippen LogP contribution in [0.25, 0.3) is 0 Å². The van der Waals surface area contributed by atoms with E-state index in [9.17, 15) is 31.1 Å². The maximum Gasteiger partial charge on any atom is 0.416 e. The third-order valence-corrected chi connectivity index (χ3v) is 4.99. The summed E-state index contributed by atoms with van der Waals surface area (Å²) in [5, 5.41) is 0. The molecule has 1 fully saturated rings. The van der Waals surface area contributed by atoms with E-state index in [1.54, 1.807) is 0 Å². The SMILES string of the molecule is CC(=O)O[C@H]1C[C@H](c2ccc(C(F)(F)F)cc2)N(Cc2ccc(C(F)(F)F)cc2)C1.